The lowest BCUT2D eigenvalue weighted by atomic mass is 9.90. The van der Waals surface area contributed by atoms with Gasteiger partial charge in [-0.2, -0.15) is 13.2 Å². The first-order chi connectivity index (χ1) is 13.7. The number of halogens is 3. The Balaban J connectivity index is 1.72. The summed E-state index contributed by atoms with van der Waals surface area (Å²) in [4.78, 5) is 26.1. The zero-order valence-corrected chi connectivity index (χ0v) is 15.9. The van der Waals surface area contributed by atoms with E-state index in [1.807, 2.05) is 30.3 Å². The summed E-state index contributed by atoms with van der Waals surface area (Å²) in [7, 11) is 0. The summed E-state index contributed by atoms with van der Waals surface area (Å²) in [5, 5.41) is 9.58. The Kier molecular flexibility index (Phi) is 5.96. The lowest BCUT2D eigenvalue weighted by Crippen LogP contribution is -2.33. The number of carboxylic acids is 1. The van der Waals surface area contributed by atoms with Gasteiger partial charge in [0.1, 0.15) is 0 Å². The quantitative estimate of drug-likeness (QED) is 0.811. The normalized spacial score (nSPS) is 20.5. The Morgan fingerprint density at radius 3 is 2.24 bits per heavy atom. The molecule has 29 heavy (non-hydrogen) atoms. The number of nitrogens with zero attached hydrogens (tertiary/aromatic N) is 1. The van der Waals surface area contributed by atoms with E-state index in [0.29, 0.717) is 18.5 Å². The van der Waals surface area contributed by atoms with Crippen LogP contribution in [0.25, 0.3) is 0 Å². The molecular weight excluding hydrogens is 383 g/mol. The van der Waals surface area contributed by atoms with Crippen molar-refractivity contribution in [2.24, 2.45) is 11.8 Å². The van der Waals surface area contributed by atoms with Crippen LogP contribution in [0.4, 0.5) is 13.2 Å². The van der Waals surface area contributed by atoms with Crippen molar-refractivity contribution in [3.63, 3.8) is 0 Å². The van der Waals surface area contributed by atoms with Crippen molar-refractivity contribution in [3.05, 3.63) is 71.3 Å². The number of amides is 1. The highest BCUT2D eigenvalue weighted by atomic mass is 19.4. The van der Waals surface area contributed by atoms with Crippen LogP contribution in [0.5, 0.6) is 0 Å². The van der Waals surface area contributed by atoms with E-state index in [0.717, 1.165) is 17.7 Å². The van der Waals surface area contributed by atoms with Gasteiger partial charge in [-0.25, -0.2) is 0 Å². The maximum absolute atomic E-state index is 12.9. The molecule has 2 aromatic carbocycles. The van der Waals surface area contributed by atoms with Gasteiger partial charge < -0.3 is 10.0 Å². The Bertz CT molecular complexity index is 865. The lowest BCUT2D eigenvalue weighted by molar-refractivity contribution is -0.142. The van der Waals surface area contributed by atoms with E-state index in [1.165, 1.54) is 17.0 Å². The number of hydrogen-bond acceptors (Lipinski definition) is 2. The molecule has 1 N–H and O–H groups in total. The average molecular weight is 405 g/mol. The molecule has 1 fully saturated rings. The molecule has 2 aromatic rings. The van der Waals surface area contributed by atoms with Gasteiger partial charge in [0.2, 0.25) is 5.91 Å². The highest BCUT2D eigenvalue weighted by molar-refractivity contribution is 5.84. The van der Waals surface area contributed by atoms with E-state index in [2.05, 4.69) is 0 Å². The summed E-state index contributed by atoms with van der Waals surface area (Å²) in [5.41, 5.74) is 0.714. The number of aliphatic carboxylic acids is 1. The van der Waals surface area contributed by atoms with Gasteiger partial charge in [0.25, 0.3) is 0 Å². The fourth-order valence-corrected chi connectivity index (χ4v) is 3.83. The van der Waals surface area contributed by atoms with Gasteiger partial charge >= 0.3 is 12.1 Å². The monoisotopic (exact) mass is 405 g/mol. The third-order valence-electron chi connectivity index (χ3n) is 5.52. The third-order valence-corrected chi connectivity index (χ3v) is 5.52. The standard InChI is InChI=1S/C22H22F3NO3/c1-14(16-7-9-18(10-8-16)22(23,24)25)20(27)26-12-17(19(13-26)21(28)29)11-15-5-3-2-4-6-15/h2-10,14,17,19H,11-13H2,1H3,(H,28,29)/t14?,17-,19-/m1/s1. The second-order valence-electron chi connectivity index (χ2n) is 7.48. The predicted molar refractivity (Wildman–Crippen MR) is 101 cm³/mol. The van der Waals surface area contributed by atoms with Crippen LogP contribution in [-0.4, -0.2) is 35.0 Å². The van der Waals surface area contributed by atoms with Crippen LogP contribution in [0.15, 0.2) is 54.6 Å². The predicted octanol–water partition coefficient (Wildman–Crippen LogP) is 4.21. The Morgan fingerprint density at radius 2 is 1.69 bits per heavy atom. The van der Waals surface area contributed by atoms with Crippen molar-refractivity contribution in [3.8, 4) is 0 Å². The van der Waals surface area contributed by atoms with Crippen molar-refractivity contribution >= 4 is 11.9 Å². The van der Waals surface area contributed by atoms with Gasteiger partial charge in [-0.1, -0.05) is 42.5 Å². The number of carbonyl (C=O) groups excluding carboxylic acids is 1. The molecule has 1 saturated heterocycles. The molecule has 1 aliphatic rings. The minimum absolute atomic E-state index is 0.108. The Morgan fingerprint density at radius 1 is 1.07 bits per heavy atom. The van der Waals surface area contributed by atoms with Gasteiger partial charge in [0.05, 0.1) is 17.4 Å². The van der Waals surface area contributed by atoms with E-state index in [9.17, 15) is 27.9 Å². The molecule has 0 radical (unpaired) electrons. The molecule has 0 bridgehead atoms. The molecule has 0 spiro atoms. The molecule has 1 aliphatic heterocycles. The molecule has 7 heteroatoms. The van der Waals surface area contributed by atoms with Crippen molar-refractivity contribution in [2.75, 3.05) is 13.1 Å². The van der Waals surface area contributed by atoms with E-state index in [1.54, 1.807) is 6.92 Å². The molecule has 3 rings (SSSR count). The largest absolute Gasteiger partial charge is 0.481 e. The summed E-state index contributed by atoms with van der Waals surface area (Å²) in [6.07, 6.45) is -3.88. The van der Waals surface area contributed by atoms with Crippen molar-refractivity contribution in [1.82, 2.24) is 4.90 Å². The maximum atomic E-state index is 12.9. The van der Waals surface area contributed by atoms with Gasteiger partial charge in [0, 0.05) is 13.1 Å². The zero-order chi connectivity index (χ0) is 21.2. The Hall–Kier alpha value is -2.83. The molecule has 0 aliphatic carbocycles. The van der Waals surface area contributed by atoms with Crippen molar-refractivity contribution < 1.29 is 27.9 Å². The molecular formula is C22H22F3NO3. The van der Waals surface area contributed by atoms with Gasteiger partial charge in [-0.3, -0.25) is 9.59 Å². The van der Waals surface area contributed by atoms with Crippen molar-refractivity contribution in [1.29, 1.82) is 0 Å². The second kappa shape index (κ2) is 8.27. The van der Waals surface area contributed by atoms with Crippen LogP contribution in [0.3, 0.4) is 0 Å². The number of likely N-dealkylation sites (tertiary alicyclic amines) is 1. The first-order valence-electron chi connectivity index (χ1n) is 9.39. The van der Waals surface area contributed by atoms with E-state index >= 15 is 0 Å². The van der Waals surface area contributed by atoms with Gasteiger partial charge in [0.15, 0.2) is 0 Å². The average Bonchev–Trinajstić information content (AvgIpc) is 3.11. The summed E-state index contributed by atoms with van der Waals surface area (Å²) >= 11 is 0. The molecule has 1 heterocycles. The van der Waals surface area contributed by atoms with Crippen LogP contribution in [-0.2, 0) is 22.2 Å². The zero-order valence-electron chi connectivity index (χ0n) is 15.9. The Labute approximate surface area is 167 Å². The minimum atomic E-state index is -4.43. The van der Waals surface area contributed by atoms with E-state index < -0.39 is 29.5 Å². The van der Waals surface area contributed by atoms with Crippen LogP contribution < -0.4 is 0 Å². The first-order valence-corrected chi connectivity index (χ1v) is 9.39. The molecule has 0 aromatic heterocycles. The summed E-state index contributed by atoms with van der Waals surface area (Å²) in [5.74, 6) is -2.74. The number of benzene rings is 2. The van der Waals surface area contributed by atoms with Gasteiger partial charge in [-0.15, -0.1) is 0 Å². The summed E-state index contributed by atoms with van der Waals surface area (Å²) in [6.45, 7) is 2.05. The van der Waals surface area contributed by atoms with Gasteiger partial charge in [-0.05, 0) is 42.5 Å². The molecule has 1 unspecified atom stereocenters. The fourth-order valence-electron chi connectivity index (χ4n) is 3.83. The number of carbonyl (C=O) groups is 2. The molecule has 1 amide bonds. The maximum Gasteiger partial charge on any atom is 0.416 e. The van der Waals surface area contributed by atoms with E-state index in [-0.39, 0.29) is 18.4 Å². The number of rotatable bonds is 5. The molecule has 4 nitrogen and oxygen atoms in total. The SMILES string of the molecule is CC(C(=O)N1C[C@@H](Cc2ccccc2)[C@H](C(=O)O)C1)c1ccc(C(F)(F)F)cc1. The highest BCUT2D eigenvalue weighted by Crippen LogP contribution is 2.32. The minimum Gasteiger partial charge on any atom is -0.481 e. The molecule has 154 valence electrons. The summed E-state index contributed by atoms with van der Waals surface area (Å²) < 4.78 is 38.2. The lowest BCUT2D eigenvalue weighted by Gasteiger charge is -2.21. The van der Waals surface area contributed by atoms with Crippen LogP contribution in [0, 0.1) is 11.8 Å². The third kappa shape index (κ3) is 4.78. The number of hydrogen-bond donors (Lipinski definition) is 1. The fraction of sp³-hybridized carbons (Fsp3) is 0.364. The number of alkyl halides is 3. The van der Waals surface area contributed by atoms with E-state index in [4.69, 9.17) is 0 Å². The smallest absolute Gasteiger partial charge is 0.416 e. The first kappa shape index (κ1) is 20.9. The van der Waals surface area contributed by atoms with Crippen LogP contribution >= 0.6 is 0 Å². The van der Waals surface area contributed by atoms with Crippen molar-refractivity contribution in [2.45, 2.75) is 25.4 Å². The molecule has 3 atom stereocenters. The van der Waals surface area contributed by atoms with Crippen LogP contribution in [0.2, 0.25) is 0 Å². The second-order valence-corrected chi connectivity index (χ2v) is 7.48. The number of carboxylic acid groups (broad SMARTS) is 1. The summed E-state index contributed by atoms with van der Waals surface area (Å²) in [6, 6.07) is 14.0. The van der Waals surface area contributed by atoms with Crippen LogP contribution in [0.1, 0.15) is 29.5 Å². The molecule has 0 saturated carbocycles. The topological polar surface area (TPSA) is 57.6 Å². The highest BCUT2D eigenvalue weighted by Gasteiger charge is 2.40.